The Labute approximate surface area is 137 Å². The fraction of sp³-hybridized carbons (Fsp3) is 0.500. The summed E-state index contributed by atoms with van der Waals surface area (Å²) in [5.41, 5.74) is 0.587. The molecule has 1 heterocycles. The van der Waals surface area contributed by atoms with E-state index in [-0.39, 0.29) is 42.8 Å². The van der Waals surface area contributed by atoms with E-state index < -0.39 is 0 Å². The third kappa shape index (κ3) is 4.45. The third-order valence-corrected chi connectivity index (χ3v) is 3.96. The molecule has 1 fully saturated rings. The Kier molecular flexibility index (Phi) is 6.84. The summed E-state index contributed by atoms with van der Waals surface area (Å²) >= 11 is 0. The highest BCUT2D eigenvalue weighted by molar-refractivity contribution is 5.94. The second kappa shape index (κ2) is 8.15. The molecule has 1 aromatic rings. The molecule has 2 rings (SSSR count). The highest BCUT2D eigenvalue weighted by atomic mass is 35.5. The minimum absolute atomic E-state index is 0. The number of carbonyl (C=O) groups is 2. The van der Waals surface area contributed by atoms with Crippen LogP contribution in [-0.2, 0) is 4.79 Å². The van der Waals surface area contributed by atoms with Gasteiger partial charge in [-0.15, -0.1) is 12.4 Å². The maximum absolute atomic E-state index is 12.3. The van der Waals surface area contributed by atoms with Gasteiger partial charge in [0.05, 0.1) is 0 Å². The lowest BCUT2D eigenvalue weighted by Gasteiger charge is -2.38. The normalized spacial score (nSPS) is 21.0. The molecule has 6 heteroatoms. The molecular weight excluding hydrogens is 304 g/mol. The van der Waals surface area contributed by atoms with Crippen LogP contribution in [0.5, 0.6) is 5.75 Å². The topological polar surface area (TPSA) is 58.6 Å². The molecule has 5 nitrogen and oxygen atoms in total. The Morgan fingerprint density at radius 3 is 2.77 bits per heavy atom. The summed E-state index contributed by atoms with van der Waals surface area (Å²) in [7, 11) is 0. The fourth-order valence-corrected chi connectivity index (χ4v) is 2.44. The molecule has 1 aliphatic rings. The van der Waals surface area contributed by atoms with Crippen LogP contribution in [0.2, 0.25) is 0 Å². The van der Waals surface area contributed by atoms with Gasteiger partial charge in [-0.25, -0.2) is 0 Å². The van der Waals surface area contributed by atoms with Crippen LogP contribution < -0.4 is 10.1 Å². The lowest BCUT2D eigenvalue weighted by Crippen LogP contribution is -2.58. The van der Waals surface area contributed by atoms with Crippen LogP contribution in [0.25, 0.3) is 0 Å². The Morgan fingerprint density at radius 2 is 2.09 bits per heavy atom. The van der Waals surface area contributed by atoms with Crippen molar-refractivity contribution in [1.29, 1.82) is 0 Å². The van der Waals surface area contributed by atoms with Crippen LogP contribution >= 0.6 is 12.4 Å². The van der Waals surface area contributed by atoms with Crippen molar-refractivity contribution in [3.8, 4) is 5.75 Å². The summed E-state index contributed by atoms with van der Waals surface area (Å²) in [5.74, 6) is 0.507. The number of hydrogen-bond acceptors (Lipinski definition) is 4. The fourth-order valence-electron chi connectivity index (χ4n) is 2.44. The van der Waals surface area contributed by atoms with Crippen LogP contribution in [-0.4, -0.2) is 48.4 Å². The number of ketones is 1. The maximum atomic E-state index is 12.3. The molecule has 1 N–H and O–H groups in total. The second-order valence-corrected chi connectivity index (χ2v) is 5.44. The van der Waals surface area contributed by atoms with Crippen LogP contribution in [0.15, 0.2) is 24.3 Å². The average Bonchev–Trinajstić information content (AvgIpc) is 2.48. The van der Waals surface area contributed by atoms with Gasteiger partial charge in [-0.1, -0.05) is 12.1 Å². The molecule has 22 heavy (non-hydrogen) atoms. The standard InChI is InChI=1S/C16H22N2O3.ClH/c1-11-12(2)18(8-7-17-11)16(20)10-21-15-6-4-5-14(9-15)13(3)19;/h4-6,9,11-12,17H,7-8,10H2,1-3H3;1H. The van der Waals surface area contributed by atoms with Gasteiger partial charge in [-0.05, 0) is 32.9 Å². The molecule has 1 aliphatic heterocycles. The van der Waals surface area contributed by atoms with E-state index in [0.29, 0.717) is 17.9 Å². The van der Waals surface area contributed by atoms with Gasteiger partial charge in [0, 0.05) is 30.7 Å². The van der Waals surface area contributed by atoms with Gasteiger partial charge in [0.2, 0.25) is 0 Å². The largest absolute Gasteiger partial charge is 0.484 e. The molecule has 0 spiro atoms. The number of hydrogen-bond donors (Lipinski definition) is 1. The van der Waals surface area contributed by atoms with E-state index in [1.54, 1.807) is 24.3 Å². The number of benzene rings is 1. The minimum Gasteiger partial charge on any atom is -0.484 e. The van der Waals surface area contributed by atoms with Crippen molar-refractivity contribution in [2.24, 2.45) is 0 Å². The molecule has 0 saturated carbocycles. The van der Waals surface area contributed by atoms with Gasteiger partial charge < -0.3 is 15.0 Å². The predicted octanol–water partition coefficient (Wildman–Crippen LogP) is 1.90. The van der Waals surface area contributed by atoms with E-state index in [4.69, 9.17) is 4.74 Å². The van der Waals surface area contributed by atoms with E-state index in [1.807, 2.05) is 11.8 Å². The van der Waals surface area contributed by atoms with Gasteiger partial charge in [0.25, 0.3) is 5.91 Å². The van der Waals surface area contributed by atoms with Crippen molar-refractivity contribution in [2.45, 2.75) is 32.9 Å². The number of halogens is 1. The summed E-state index contributed by atoms with van der Waals surface area (Å²) in [6.45, 7) is 7.11. The second-order valence-electron chi connectivity index (χ2n) is 5.44. The first-order valence-electron chi connectivity index (χ1n) is 7.25. The molecule has 1 saturated heterocycles. The molecular formula is C16H23ClN2O3. The highest BCUT2D eigenvalue weighted by Crippen LogP contribution is 2.15. The SMILES string of the molecule is CC(=O)c1cccc(OCC(=O)N2CCNC(C)C2C)c1.Cl. The zero-order valence-electron chi connectivity index (χ0n) is 13.2. The van der Waals surface area contributed by atoms with E-state index in [9.17, 15) is 9.59 Å². The first-order chi connectivity index (χ1) is 9.99. The predicted molar refractivity (Wildman–Crippen MR) is 87.8 cm³/mol. The molecule has 2 unspecified atom stereocenters. The first-order valence-corrected chi connectivity index (χ1v) is 7.25. The molecule has 0 radical (unpaired) electrons. The summed E-state index contributed by atoms with van der Waals surface area (Å²) in [6.07, 6.45) is 0. The first kappa shape index (κ1) is 18.5. The maximum Gasteiger partial charge on any atom is 0.260 e. The van der Waals surface area contributed by atoms with Crippen molar-refractivity contribution < 1.29 is 14.3 Å². The number of amides is 1. The van der Waals surface area contributed by atoms with E-state index in [1.165, 1.54) is 6.92 Å². The van der Waals surface area contributed by atoms with Crippen LogP contribution in [0.4, 0.5) is 0 Å². The van der Waals surface area contributed by atoms with E-state index in [2.05, 4.69) is 12.2 Å². The zero-order chi connectivity index (χ0) is 15.4. The lowest BCUT2D eigenvalue weighted by atomic mass is 10.1. The average molecular weight is 327 g/mol. The minimum atomic E-state index is -0.0240. The third-order valence-electron chi connectivity index (χ3n) is 3.96. The molecule has 0 bridgehead atoms. The number of Topliss-reactive ketones (excluding diaryl/α,β-unsaturated/α-hetero) is 1. The summed E-state index contributed by atoms with van der Waals surface area (Å²) < 4.78 is 5.53. The monoisotopic (exact) mass is 326 g/mol. The summed E-state index contributed by atoms with van der Waals surface area (Å²) in [6, 6.07) is 7.34. The summed E-state index contributed by atoms with van der Waals surface area (Å²) in [4.78, 5) is 25.4. The Balaban J connectivity index is 0.00000242. The van der Waals surface area contributed by atoms with E-state index in [0.717, 1.165) is 6.54 Å². The van der Waals surface area contributed by atoms with E-state index >= 15 is 0 Å². The van der Waals surface area contributed by atoms with Crippen LogP contribution in [0, 0.1) is 0 Å². The molecule has 1 aromatic carbocycles. The molecule has 0 aliphatic carbocycles. The molecule has 122 valence electrons. The molecule has 2 atom stereocenters. The van der Waals surface area contributed by atoms with Crippen LogP contribution in [0.1, 0.15) is 31.1 Å². The Morgan fingerprint density at radius 1 is 1.36 bits per heavy atom. The van der Waals surface area contributed by atoms with Gasteiger partial charge >= 0.3 is 0 Å². The van der Waals surface area contributed by atoms with Crippen molar-refractivity contribution >= 4 is 24.1 Å². The van der Waals surface area contributed by atoms with Crippen molar-refractivity contribution in [1.82, 2.24) is 10.2 Å². The molecule has 0 aromatic heterocycles. The smallest absolute Gasteiger partial charge is 0.260 e. The van der Waals surface area contributed by atoms with Gasteiger partial charge in [-0.2, -0.15) is 0 Å². The number of ether oxygens (including phenoxy) is 1. The van der Waals surface area contributed by atoms with Crippen molar-refractivity contribution in [3.05, 3.63) is 29.8 Å². The number of nitrogens with one attached hydrogen (secondary N) is 1. The quantitative estimate of drug-likeness (QED) is 0.859. The van der Waals surface area contributed by atoms with Crippen LogP contribution in [0.3, 0.4) is 0 Å². The van der Waals surface area contributed by atoms with Crippen molar-refractivity contribution in [3.63, 3.8) is 0 Å². The zero-order valence-corrected chi connectivity index (χ0v) is 14.0. The number of rotatable bonds is 4. The molecule has 1 amide bonds. The van der Waals surface area contributed by atoms with Gasteiger partial charge in [0.15, 0.2) is 12.4 Å². The highest BCUT2D eigenvalue weighted by Gasteiger charge is 2.28. The van der Waals surface area contributed by atoms with Gasteiger partial charge in [-0.3, -0.25) is 9.59 Å². The Hall–Kier alpha value is -1.59. The number of piperazine rings is 1. The number of nitrogens with zero attached hydrogens (tertiary/aromatic N) is 1. The Bertz CT molecular complexity index is 536. The lowest BCUT2D eigenvalue weighted by molar-refractivity contribution is -0.137. The van der Waals surface area contributed by atoms with Crippen molar-refractivity contribution in [2.75, 3.05) is 19.7 Å². The summed E-state index contributed by atoms with van der Waals surface area (Å²) in [5, 5.41) is 3.34. The van der Waals surface area contributed by atoms with Gasteiger partial charge in [0.1, 0.15) is 5.75 Å². The number of carbonyl (C=O) groups excluding carboxylic acids is 2.